The molecule has 2 aromatic carbocycles. The van der Waals surface area contributed by atoms with Crippen molar-refractivity contribution in [3.63, 3.8) is 0 Å². The number of aryl methyl sites for hydroxylation is 2. The average Bonchev–Trinajstić information content (AvgIpc) is 2.92. The molecule has 0 unspecified atom stereocenters. The molecule has 0 atom stereocenters. The van der Waals surface area contributed by atoms with Crippen molar-refractivity contribution in [3.05, 3.63) is 69.6 Å². The Hall–Kier alpha value is -3.72. The lowest BCUT2D eigenvalue weighted by atomic mass is 10.1. The number of nitrogens with one attached hydrogen (secondary N) is 1. The molecule has 1 amide bonds. The van der Waals surface area contributed by atoms with Crippen molar-refractivity contribution in [1.29, 1.82) is 0 Å². The standard InChI is InChI=1S/C29H37N5O4/c1-4-38-28(36)19-26-24-8-5-6-9-25(24)29(37)34(31-26)20-30-27(35)10-7-13-32-14-16-33(17-15-32)23-12-11-21(2)22(3)18-23/h5-6,8-9,11-12,18H,4,7,10,13-17,19-20H2,1-3H3,(H,30,35). The van der Waals surface area contributed by atoms with Crippen LogP contribution in [0.1, 0.15) is 36.6 Å². The maximum absolute atomic E-state index is 12.9. The highest BCUT2D eigenvalue weighted by molar-refractivity contribution is 5.87. The summed E-state index contributed by atoms with van der Waals surface area (Å²) < 4.78 is 6.26. The van der Waals surface area contributed by atoms with Gasteiger partial charge in [0.25, 0.3) is 5.56 Å². The number of ether oxygens (including phenoxy) is 1. The predicted molar refractivity (Wildman–Crippen MR) is 148 cm³/mol. The Kier molecular flexibility index (Phi) is 9.12. The van der Waals surface area contributed by atoms with Gasteiger partial charge in [-0.3, -0.25) is 19.3 Å². The van der Waals surface area contributed by atoms with Gasteiger partial charge in [-0.1, -0.05) is 24.3 Å². The fourth-order valence-corrected chi connectivity index (χ4v) is 4.76. The first kappa shape index (κ1) is 27.3. The molecule has 0 radical (unpaired) electrons. The van der Waals surface area contributed by atoms with Crippen LogP contribution in [0.4, 0.5) is 5.69 Å². The fourth-order valence-electron chi connectivity index (χ4n) is 4.76. The summed E-state index contributed by atoms with van der Waals surface area (Å²) in [6.45, 7) is 11.0. The number of esters is 1. The highest BCUT2D eigenvalue weighted by Gasteiger charge is 2.18. The third kappa shape index (κ3) is 6.77. The Morgan fingerprint density at radius 2 is 1.74 bits per heavy atom. The van der Waals surface area contributed by atoms with Gasteiger partial charge < -0.3 is 15.0 Å². The molecule has 38 heavy (non-hydrogen) atoms. The van der Waals surface area contributed by atoms with Crippen LogP contribution in [0.5, 0.6) is 0 Å². The molecule has 0 spiro atoms. The lowest BCUT2D eigenvalue weighted by Gasteiger charge is -2.36. The normalized spacial score (nSPS) is 14.0. The van der Waals surface area contributed by atoms with Gasteiger partial charge >= 0.3 is 5.97 Å². The lowest BCUT2D eigenvalue weighted by molar-refractivity contribution is -0.142. The van der Waals surface area contributed by atoms with Crippen LogP contribution >= 0.6 is 0 Å². The van der Waals surface area contributed by atoms with Crippen molar-refractivity contribution in [2.45, 2.75) is 46.7 Å². The molecule has 1 aliphatic rings. The maximum atomic E-state index is 12.9. The minimum atomic E-state index is -0.408. The average molecular weight is 520 g/mol. The Morgan fingerprint density at radius 3 is 2.45 bits per heavy atom. The van der Waals surface area contributed by atoms with Crippen molar-refractivity contribution in [3.8, 4) is 0 Å². The van der Waals surface area contributed by atoms with E-state index in [-0.39, 0.29) is 31.2 Å². The molecule has 1 fully saturated rings. The number of hydrogen-bond acceptors (Lipinski definition) is 7. The second kappa shape index (κ2) is 12.7. The van der Waals surface area contributed by atoms with Crippen molar-refractivity contribution >= 4 is 28.3 Å². The second-order valence-corrected chi connectivity index (χ2v) is 9.74. The van der Waals surface area contributed by atoms with Crippen LogP contribution < -0.4 is 15.8 Å². The summed E-state index contributed by atoms with van der Waals surface area (Å²) in [6.07, 6.45) is 1.07. The van der Waals surface area contributed by atoms with Crippen LogP contribution in [0.3, 0.4) is 0 Å². The second-order valence-electron chi connectivity index (χ2n) is 9.74. The van der Waals surface area contributed by atoms with Gasteiger partial charge in [0, 0.05) is 43.7 Å². The Morgan fingerprint density at radius 1 is 1.00 bits per heavy atom. The van der Waals surface area contributed by atoms with Crippen molar-refractivity contribution in [1.82, 2.24) is 20.0 Å². The van der Waals surface area contributed by atoms with Gasteiger partial charge in [0.05, 0.1) is 24.1 Å². The van der Waals surface area contributed by atoms with Crippen LogP contribution in [0.2, 0.25) is 0 Å². The topological polar surface area (TPSA) is 96.8 Å². The first-order valence-electron chi connectivity index (χ1n) is 13.3. The molecule has 3 aromatic rings. The van der Waals surface area contributed by atoms with E-state index >= 15 is 0 Å². The highest BCUT2D eigenvalue weighted by atomic mass is 16.5. The number of aromatic nitrogens is 2. The van der Waals surface area contributed by atoms with E-state index in [0.29, 0.717) is 22.9 Å². The Balaban J connectivity index is 1.26. The molecular formula is C29H37N5O4. The minimum absolute atomic E-state index is 0.0423. The van der Waals surface area contributed by atoms with E-state index in [1.807, 2.05) is 0 Å². The molecule has 4 rings (SSSR count). The monoisotopic (exact) mass is 519 g/mol. The Bertz CT molecular complexity index is 1340. The van der Waals surface area contributed by atoms with Gasteiger partial charge in [-0.2, -0.15) is 5.10 Å². The van der Waals surface area contributed by atoms with Gasteiger partial charge in [0.2, 0.25) is 5.91 Å². The van der Waals surface area contributed by atoms with E-state index in [0.717, 1.165) is 39.1 Å². The third-order valence-electron chi connectivity index (χ3n) is 7.09. The molecule has 2 heterocycles. The van der Waals surface area contributed by atoms with E-state index in [4.69, 9.17) is 4.74 Å². The van der Waals surface area contributed by atoms with Crippen molar-refractivity contribution in [2.24, 2.45) is 0 Å². The number of piperazine rings is 1. The molecule has 1 saturated heterocycles. The number of hydrogen-bond donors (Lipinski definition) is 1. The number of anilines is 1. The van der Waals surface area contributed by atoms with Crippen LogP contribution in [-0.2, 0) is 27.4 Å². The molecule has 0 bridgehead atoms. The summed E-state index contributed by atoms with van der Waals surface area (Å²) in [7, 11) is 0. The highest BCUT2D eigenvalue weighted by Crippen LogP contribution is 2.20. The predicted octanol–water partition coefficient (Wildman–Crippen LogP) is 2.80. The minimum Gasteiger partial charge on any atom is -0.466 e. The number of benzene rings is 2. The molecule has 9 nitrogen and oxygen atoms in total. The number of carbonyl (C=O) groups is 2. The molecule has 202 valence electrons. The zero-order chi connectivity index (χ0) is 27.1. The first-order valence-corrected chi connectivity index (χ1v) is 13.3. The summed E-state index contributed by atoms with van der Waals surface area (Å²) in [5.74, 6) is -0.540. The molecular weight excluding hydrogens is 482 g/mol. The fraction of sp³-hybridized carbons (Fsp3) is 0.448. The number of amides is 1. The summed E-state index contributed by atoms with van der Waals surface area (Å²) in [5, 5.41) is 8.24. The summed E-state index contributed by atoms with van der Waals surface area (Å²) in [6, 6.07) is 13.7. The quantitative estimate of drug-likeness (QED) is 0.412. The molecule has 0 aliphatic carbocycles. The van der Waals surface area contributed by atoms with Crippen LogP contribution in [0.25, 0.3) is 10.8 Å². The third-order valence-corrected chi connectivity index (χ3v) is 7.09. The van der Waals surface area contributed by atoms with Gasteiger partial charge in [-0.25, -0.2) is 4.68 Å². The zero-order valence-electron chi connectivity index (χ0n) is 22.5. The number of fused-ring (bicyclic) bond motifs is 1. The summed E-state index contributed by atoms with van der Waals surface area (Å²) in [5.41, 5.74) is 4.04. The summed E-state index contributed by atoms with van der Waals surface area (Å²) in [4.78, 5) is 42.3. The molecule has 9 heteroatoms. The van der Waals surface area contributed by atoms with Crippen molar-refractivity contribution in [2.75, 3.05) is 44.2 Å². The SMILES string of the molecule is CCOC(=O)Cc1nn(CNC(=O)CCCN2CCN(c3ccc(C)c(C)c3)CC2)c(=O)c2ccccc12. The molecule has 1 aliphatic heterocycles. The van der Waals surface area contributed by atoms with E-state index in [1.165, 1.54) is 21.5 Å². The van der Waals surface area contributed by atoms with Crippen LogP contribution in [0, 0.1) is 13.8 Å². The van der Waals surface area contributed by atoms with Crippen LogP contribution in [-0.4, -0.2) is 65.9 Å². The number of nitrogens with zero attached hydrogens (tertiary/aromatic N) is 4. The molecule has 1 aromatic heterocycles. The van der Waals surface area contributed by atoms with E-state index in [1.54, 1.807) is 31.2 Å². The number of carbonyl (C=O) groups excluding carboxylic acids is 2. The van der Waals surface area contributed by atoms with Gasteiger partial charge in [0.1, 0.15) is 6.67 Å². The largest absolute Gasteiger partial charge is 0.466 e. The van der Waals surface area contributed by atoms with Gasteiger partial charge in [0.15, 0.2) is 0 Å². The zero-order valence-corrected chi connectivity index (χ0v) is 22.5. The van der Waals surface area contributed by atoms with Crippen LogP contribution in [0.15, 0.2) is 47.3 Å². The van der Waals surface area contributed by atoms with Gasteiger partial charge in [-0.05, 0) is 63.1 Å². The van der Waals surface area contributed by atoms with E-state index < -0.39 is 5.97 Å². The maximum Gasteiger partial charge on any atom is 0.311 e. The smallest absolute Gasteiger partial charge is 0.311 e. The summed E-state index contributed by atoms with van der Waals surface area (Å²) >= 11 is 0. The molecule has 1 N–H and O–H groups in total. The molecule has 0 saturated carbocycles. The first-order chi connectivity index (χ1) is 18.4. The van der Waals surface area contributed by atoms with Gasteiger partial charge in [-0.15, -0.1) is 0 Å². The van der Waals surface area contributed by atoms with Crippen molar-refractivity contribution < 1.29 is 14.3 Å². The lowest BCUT2D eigenvalue weighted by Crippen LogP contribution is -2.46. The van der Waals surface area contributed by atoms with E-state index in [9.17, 15) is 14.4 Å². The Labute approximate surface area is 223 Å². The van der Waals surface area contributed by atoms with E-state index in [2.05, 4.69) is 52.3 Å². The number of rotatable bonds is 10.